The Bertz CT molecular complexity index is 849. The molecular weight excluding hydrogens is 292 g/mol. The number of furan rings is 1. The Labute approximate surface area is 133 Å². The molecule has 3 aromatic rings. The van der Waals surface area contributed by atoms with Gasteiger partial charge in [-0.25, -0.2) is 0 Å². The number of ether oxygens (including phenoxy) is 1. The van der Waals surface area contributed by atoms with E-state index in [1.807, 2.05) is 54.4 Å². The van der Waals surface area contributed by atoms with Crippen molar-refractivity contribution in [1.82, 2.24) is 9.88 Å². The lowest BCUT2D eigenvalue weighted by molar-refractivity contribution is -0.00894. The van der Waals surface area contributed by atoms with Gasteiger partial charge in [0.2, 0.25) is 0 Å². The highest BCUT2D eigenvalue weighted by atomic mass is 16.5. The number of amides is 1. The van der Waals surface area contributed by atoms with E-state index in [1.165, 1.54) is 0 Å². The van der Waals surface area contributed by atoms with Crippen LogP contribution in [0.5, 0.6) is 0 Å². The van der Waals surface area contributed by atoms with Crippen LogP contribution < -0.4 is 0 Å². The fourth-order valence-electron chi connectivity index (χ4n) is 3.07. The molecule has 1 amide bonds. The summed E-state index contributed by atoms with van der Waals surface area (Å²) in [4.78, 5) is 18.0. The first-order valence-corrected chi connectivity index (χ1v) is 7.74. The summed E-state index contributed by atoms with van der Waals surface area (Å²) in [6.07, 6.45) is 1.88. The number of hydrogen-bond acceptors (Lipinski definition) is 3. The van der Waals surface area contributed by atoms with Crippen LogP contribution >= 0.6 is 0 Å². The Morgan fingerprint density at radius 1 is 1.26 bits per heavy atom. The lowest BCUT2D eigenvalue weighted by atomic mass is 10.1. The molecule has 0 radical (unpaired) electrons. The number of carbonyl (C=O) groups excluding carboxylic acids is 1. The van der Waals surface area contributed by atoms with Crippen molar-refractivity contribution in [2.24, 2.45) is 0 Å². The van der Waals surface area contributed by atoms with E-state index in [9.17, 15) is 4.79 Å². The summed E-state index contributed by atoms with van der Waals surface area (Å²) >= 11 is 0. The number of aromatic amines is 1. The van der Waals surface area contributed by atoms with E-state index in [0.717, 1.165) is 22.4 Å². The fourth-order valence-corrected chi connectivity index (χ4v) is 3.07. The second-order valence-electron chi connectivity index (χ2n) is 5.82. The van der Waals surface area contributed by atoms with Crippen LogP contribution in [0.25, 0.3) is 10.9 Å². The average molecular weight is 310 g/mol. The molecule has 1 aliphatic heterocycles. The van der Waals surface area contributed by atoms with Gasteiger partial charge in [-0.2, -0.15) is 0 Å². The van der Waals surface area contributed by atoms with E-state index in [-0.39, 0.29) is 11.9 Å². The zero-order chi connectivity index (χ0) is 15.8. The minimum atomic E-state index is -0.174. The number of hydrogen-bond donors (Lipinski definition) is 1. The smallest absolute Gasteiger partial charge is 0.254 e. The molecule has 1 atom stereocenters. The molecule has 3 heterocycles. The van der Waals surface area contributed by atoms with Gasteiger partial charge in [0.1, 0.15) is 17.6 Å². The highest BCUT2D eigenvalue weighted by molar-refractivity contribution is 5.98. The molecule has 5 nitrogen and oxygen atoms in total. The third kappa shape index (κ3) is 2.53. The summed E-state index contributed by atoms with van der Waals surface area (Å²) in [6.45, 7) is 3.48. The number of fused-ring (bicyclic) bond motifs is 1. The van der Waals surface area contributed by atoms with Gasteiger partial charge in [0, 0.05) is 29.2 Å². The van der Waals surface area contributed by atoms with Crippen molar-refractivity contribution in [3.63, 3.8) is 0 Å². The molecule has 1 aromatic carbocycles. The van der Waals surface area contributed by atoms with Crippen molar-refractivity contribution in [3.8, 4) is 0 Å². The highest BCUT2D eigenvalue weighted by Gasteiger charge is 2.31. The second kappa shape index (κ2) is 5.59. The summed E-state index contributed by atoms with van der Waals surface area (Å²) in [7, 11) is 0. The number of nitrogens with one attached hydrogen (secondary N) is 1. The third-order valence-electron chi connectivity index (χ3n) is 4.28. The van der Waals surface area contributed by atoms with Gasteiger partial charge in [0.15, 0.2) is 0 Å². The maximum absolute atomic E-state index is 13.0. The van der Waals surface area contributed by atoms with E-state index in [0.29, 0.717) is 25.3 Å². The first kappa shape index (κ1) is 14.1. The van der Waals surface area contributed by atoms with Crippen LogP contribution in [0.4, 0.5) is 0 Å². The molecule has 0 saturated carbocycles. The highest BCUT2D eigenvalue weighted by Crippen LogP contribution is 2.28. The summed E-state index contributed by atoms with van der Waals surface area (Å²) < 4.78 is 11.3. The summed E-state index contributed by atoms with van der Waals surface area (Å²) in [6, 6.07) is 11.4. The second-order valence-corrected chi connectivity index (χ2v) is 5.82. The number of benzene rings is 1. The van der Waals surface area contributed by atoms with Gasteiger partial charge in [-0.3, -0.25) is 4.79 Å². The molecule has 0 bridgehead atoms. The minimum Gasteiger partial charge on any atom is -0.464 e. The van der Waals surface area contributed by atoms with Crippen LogP contribution in [0.3, 0.4) is 0 Å². The van der Waals surface area contributed by atoms with Crippen LogP contribution in [0.1, 0.15) is 27.9 Å². The Morgan fingerprint density at radius 2 is 2.17 bits per heavy atom. The summed E-state index contributed by atoms with van der Waals surface area (Å²) in [5.74, 6) is 1.63. The van der Waals surface area contributed by atoms with Crippen molar-refractivity contribution in [3.05, 3.63) is 59.7 Å². The van der Waals surface area contributed by atoms with Gasteiger partial charge >= 0.3 is 0 Å². The van der Waals surface area contributed by atoms with E-state index in [1.54, 1.807) is 0 Å². The summed E-state index contributed by atoms with van der Waals surface area (Å²) in [5.41, 5.74) is 1.72. The quantitative estimate of drug-likeness (QED) is 0.790. The molecule has 0 spiro atoms. The Balaban J connectivity index is 1.66. The number of morpholine rings is 1. The number of H-pyrrole nitrogens is 1. The van der Waals surface area contributed by atoms with Gasteiger partial charge in [0.25, 0.3) is 5.91 Å². The van der Waals surface area contributed by atoms with E-state index < -0.39 is 0 Å². The minimum absolute atomic E-state index is 0.00968. The zero-order valence-corrected chi connectivity index (χ0v) is 12.9. The third-order valence-corrected chi connectivity index (χ3v) is 4.28. The van der Waals surface area contributed by atoms with Gasteiger partial charge in [-0.05, 0) is 43.3 Å². The fraction of sp³-hybridized carbons (Fsp3) is 0.278. The topological polar surface area (TPSA) is 58.5 Å². The molecule has 1 N–H and O–H groups in total. The molecule has 5 heteroatoms. The van der Waals surface area contributed by atoms with Crippen molar-refractivity contribution >= 4 is 16.8 Å². The Kier molecular flexibility index (Phi) is 3.42. The van der Waals surface area contributed by atoms with Crippen LogP contribution in [-0.4, -0.2) is 35.5 Å². The van der Waals surface area contributed by atoms with Gasteiger partial charge < -0.3 is 19.0 Å². The van der Waals surface area contributed by atoms with Crippen molar-refractivity contribution in [1.29, 1.82) is 0 Å². The SMILES string of the molecule is Cc1ccc([C@H]2COCCN2C(=O)c2ccc3[nH]ccc3c2)o1. The lowest BCUT2D eigenvalue weighted by Gasteiger charge is -2.34. The Morgan fingerprint density at radius 3 is 3.00 bits per heavy atom. The molecule has 0 aliphatic carbocycles. The van der Waals surface area contributed by atoms with Crippen LogP contribution in [-0.2, 0) is 4.74 Å². The first-order valence-electron chi connectivity index (χ1n) is 7.74. The number of rotatable bonds is 2. The molecule has 4 rings (SSSR count). The van der Waals surface area contributed by atoms with E-state index >= 15 is 0 Å². The van der Waals surface area contributed by atoms with E-state index in [2.05, 4.69) is 4.98 Å². The van der Waals surface area contributed by atoms with Crippen LogP contribution in [0.2, 0.25) is 0 Å². The predicted molar refractivity (Wildman–Crippen MR) is 86.3 cm³/mol. The van der Waals surface area contributed by atoms with Crippen LogP contribution in [0, 0.1) is 6.92 Å². The maximum atomic E-state index is 13.0. The maximum Gasteiger partial charge on any atom is 0.254 e. The lowest BCUT2D eigenvalue weighted by Crippen LogP contribution is -2.43. The molecule has 1 saturated heterocycles. The van der Waals surface area contributed by atoms with Crippen molar-refractivity contribution in [2.45, 2.75) is 13.0 Å². The number of aryl methyl sites for hydroxylation is 1. The summed E-state index contributed by atoms with van der Waals surface area (Å²) in [5, 5.41) is 1.04. The number of carbonyl (C=O) groups is 1. The van der Waals surface area contributed by atoms with Crippen molar-refractivity contribution < 1.29 is 13.9 Å². The first-order chi connectivity index (χ1) is 11.2. The molecule has 0 unspecified atom stereocenters. The molecule has 1 aliphatic rings. The molecule has 1 fully saturated rings. The number of aromatic nitrogens is 1. The monoisotopic (exact) mass is 310 g/mol. The molecule has 2 aromatic heterocycles. The Hall–Kier alpha value is -2.53. The average Bonchev–Trinajstić information content (AvgIpc) is 3.22. The van der Waals surface area contributed by atoms with Gasteiger partial charge in [0.05, 0.1) is 13.2 Å². The largest absolute Gasteiger partial charge is 0.464 e. The molecular formula is C18H18N2O3. The zero-order valence-electron chi connectivity index (χ0n) is 12.9. The van der Waals surface area contributed by atoms with Crippen LogP contribution in [0.15, 0.2) is 47.0 Å². The van der Waals surface area contributed by atoms with Gasteiger partial charge in [-0.1, -0.05) is 0 Å². The molecule has 118 valence electrons. The molecule has 23 heavy (non-hydrogen) atoms. The number of nitrogens with zero attached hydrogens (tertiary/aromatic N) is 1. The van der Waals surface area contributed by atoms with Gasteiger partial charge in [-0.15, -0.1) is 0 Å². The standard InChI is InChI=1S/C18H18N2O3/c1-12-2-5-17(23-12)16-11-22-9-8-20(16)18(21)14-3-4-15-13(10-14)6-7-19-15/h2-7,10,16,19H,8-9,11H2,1H3/t16-/m1/s1. The van der Waals surface area contributed by atoms with E-state index in [4.69, 9.17) is 9.15 Å². The predicted octanol–water partition coefficient (Wildman–Crippen LogP) is 3.28. The van der Waals surface area contributed by atoms with Crippen molar-refractivity contribution in [2.75, 3.05) is 19.8 Å². The normalized spacial score (nSPS) is 18.5.